The zero-order valence-electron chi connectivity index (χ0n) is 11.1. The number of nitrogens with one attached hydrogen (secondary N) is 1. The summed E-state index contributed by atoms with van der Waals surface area (Å²) in [7, 11) is 0. The fraction of sp³-hybridized carbons (Fsp3) is 0. The Balaban J connectivity index is 2.01. The van der Waals surface area contributed by atoms with Crippen LogP contribution in [0.1, 0.15) is 5.56 Å². The molecule has 0 unspecified atom stereocenters. The van der Waals surface area contributed by atoms with Crippen LogP contribution in [-0.4, -0.2) is 26.1 Å². The summed E-state index contributed by atoms with van der Waals surface area (Å²) in [4.78, 5) is 4.06. The molecule has 8 heteroatoms. The van der Waals surface area contributed by atoms with Crippen LogP contribution in [0.3, 0.4) is 0 Å². The second kappa shape index (κ2) is 6.39. The minimum absolute atomic E-state index is 0.375. The van der Waals surface area contributed by atoms with Crippen LogP contribution in [0.15, 0.2) is 47.8 Å². The molecule has 0 fully saturated rings. The van der Waals surface area contributed by atoms with E-state index < -0.39 is 0 Å². The van der Waals surface area contributed by atoms with Crippen molar-refractivity contribution in [1.82, 2.24) is 19.9 Å². The van der Waals surface area contributed by atoms with E-state index in [4.69, 9.17) is 35.4 Å². The lowest BCUT2D eigenvalue weighted by molar-refractivity contribution is 0.871. The van der Waals surface area contributed by atoms with Gasteiger partial charge in [-0.3, -0.25) is 4.98 Å². The maximum absolute atomic E-state index is 6.12. The number of pyridine rings is 1. The van der Waals surface area contributed by atoms with Gasteiger partial charge in [-0.2, -0.15) is 14.9 Å². The molecule has 3 aromatic rings. The molecule has 110 valence electrons. The van der Waals surface area contributed by atoms with E-state index in [2.05, 4.69) is 20.3 Å². The van der Waals surface area contributed by atoms with Crippen LogP contribution in [0.5, 0.6) is 0 Å². The molecule has 1 aromatic carbocycles. The Morgan fingerprint density at radius 2 is 2.14 bits per heavy atom. The molecule has 0 radical (unpaired) electrons. The van der Waals surface area contributed by atoms with Gasteiger partial charge in [-0.15, -0.1) is 0 Å². The van der Waals surface area contributed by atoms with Gasteiger partial charge in [-0.05, 0) is 36.5 Å². The van der Waals surface area contributed by atoms with Crippen molar-refractivity contribution in [3.8, 4) is 11.4 Å². The molecule has 0 aliphatic heterocycles. The number of nitrogens with zero attached hydrogens (tertiary/aromatic N) is 4. The lowest BCUT2D eigenvalue weighted by Crippen LogP contribution is -1.95. The van der Waals surface area contributed by atoms with Gasteiger partial charge in [0.15, 0.2) is 5.82 Å². The van der Waals surface area contributed by atoms with E-state index in [1.165, 1.54) is 4.68 Å². The van der Waals surface area contributed by atoms with Gasteiger partial charge >= 0.3 is 0 Å². The van der Waals surface area contributed by atoms with E-state index in [-0.39, 0.29) is 0 Å². The van der Waals surface area contributed by atoms with Gasteiger partial charge in [0, 0.05) is 28.5 Å². The molecule has 0 spiro atoms. The lowest BCUT2D eigenvalue weighted by Gasteiger charge is -2.01. The van der Waals surface area contributed by atoms with E-state index in [9.17, 15) is 0 Å². The van der Waals surface area contributed by atoms with Crippen LogP contribution < -0.4 is 0 Å². The summed E-state index contributed by atoms with van der Waals surface area (Å²) in [6.07, 6.45) is 4.97. The minimum Gasteiger partial charge on any atom is -0.264 e. The third-order valence-corrected chi connectivity index (χ3v) is 3.67. The van der Waals surface area contributed by atoms with Gasteiger partial charge in [0.2, 0.25) is 4.77 Å². The molecule has 3 rings (SSSR count). The fourth-order valence-corrected chi connectivity index (χ4v) is 2.44. The van der Waals surface area contributed by atoms with Gasteiger partial charge in [-0.1, -0.05) is 29.3 Å². The molecule has 0 aliphatic rings. The number of hydrogen-bond donors (Lipinski definition) is 1. The Morgan fingerprint density at radius 1 is 1.27 bits per heavy atom. The molecular formula is C14H9Cl2N5S. The lowest BCUT2D eigenvalue weighted by atomic mass is 10.2. The Hall–Kier alpha value is -2.02. The van der Waals surface area contributed by atoms with Gasteiger partial charge in [-0.25, -0.2) is 5.10 Å². The van der Waals surface area contributed by atoms with E-state index in [0.29, 0.717) is 20.6 Å². The monoisotopic (exact) mass is 349 g/mol. The number of rotatable bonds is 3. The number of aromatic nitrogens is 4. The van der Waals surface area contributed by atoms with Crippen LogP contribution >= 0.6 is 35.4 Å². The highest BCUT2D eigenvalue weighted by atomic mass is 35.5. The first-order valence-electron chi connectivity index (χ1n) is 6.22. The van der Waals surface area contributed by atoms with E-state index >= 15 is 0 Å². The van der Waals surface area contributed by atoms with Crippen molar-refractivity contribution in [2.45, 2.75) is 0 Å². The van der Waals surface area contributed by atoms with Gasteiger partial charge < -0.3 is 0 Å². The first-order chi connectivity index (χ1) is 10.6. The summed E-state index contributed by atoms with van der Waals surface area (Å²) in [6, 6.07) is 8.87. The molecular weight excluding hydrogens is 341 g/mol. The van der Waals surface area contributed by atoms with E-state index in [1.807, 2.05) is 12.1 Å². The molecule has 0 amide bonds. The zero-order chi connectivity index (χ0) is 15.5. The van der Waals surface area contributed by atoms with Crippen molar-refractivity contribution >= 4 is 41.6 Å². The summed E-state index contributed by atoms with van der Waals surface area (Å²) in [5.74, 6) is 0.569. The quantitative estimate of drug-likeness (QED) is 0.569. The van der Waals surface area contributed by atoms with Crippen LogP contribution in [0.4, 0.5) is 0 Å². The Kier molecular flexibility index (Phi) is 4.33. The second-order valence-corrected chi connectivity index (χ2v) is 5.55. The molecule has 0 aliphatic carbocycles. The first kappa shape index (κ1) is 14.9. The molecule has 2 heterocycles. The Morgan fingerprint density at radius 3 is 2.86 bits per heavy atom. The third kappa shape index (κ3) is 3.09. The van der Waals surface area contributed by atoms with Crippen molar-refractivity contribution in [3.05, 3.63) is 63.1 Å². The zero-order valence-corrected chi connectivity index (χ0v) is 13.4. The van der Waals surface area contributed by atoms with Gasteiger partial charge in [0.25, 0.3) is 0 Å². The highest BCUT2D eigenvalue weighted by Crippen LogP contribution is 2.20. The Bertz CT molecular complexity index is 886. The second-order valence-electron chi connectivity index (χ2n) is 4.32. The maximum atomic E-state index is 6.12. The molecule has 22 heavy (non-hydrogen) atoms. The molecule has 1 N–H and O–H groups in total. The van der Waals surface area contributed by atoms with Crippen LogP contribution in [0.25, 0.3) is 11.4 Å². The molecule has 0 atom stereocenters. The summed E-state index contributed by atoms with van der Waals surface area (Å²) in [6.45, 7) is 0. The Labute approximate surface area is 141 Å². The van der Waals surface area contributed by atoms with Crippen molar-refractivity contribution < 1.29 is 0 Å². The average Bonchev–Trinajstić information content (AvgIpc) is 2.88. The van der Waals surface area contributed by atoms with Crippen LogP contribution in [0.2, 0.25) is 10.0 Å². The number of benzene rings is 1. The van der Waals surface area contributed by atoms with Crippen LogP contribution in [-0.2, 0) is 0 Å². The predicted octanol–water partition coefficient (Wildman–Crippen LogP) is 4.19. The first-order valence-corrected chi connectivity index (χ1v) is 7.39. The molecule has 2 aromatic heterocycles. The number of aromatic amines is 1. The average molecular weight is 350 g/mol. The number of H-pyrrole nitrogens is 1. The topological polar surface area (TPSA) is 58.9 Å². The number of hydrogen-bond acceptors (Lipinski definition) is 4. The summed E-state index contributed by atoms with van der Waals surface area (Å²) in [5.41, 5.74) is 1.53. The number of halogens is 2. The smallest absolute Gasteiger partial charge is 0.216 e. The van der Waals surface area contributed by atoms with E-state index in [0.717, 1.165) is 11.1 Å². The summed E-state index contributed by atoms with van der Waals surface area (Å²) >= 11 is 17.2. The SMILES string of the molecule is S=c1[nH]nc(-c2cccnc2)n1/N=C\c1ccc(Cl)cc1Cl. The van der Waals surface area contributed by atoms with Crippen molar-refractivity contribution in [1.29, 1.82) is 0 Å². The van der Waals surface area contributed by atoms with Crippen LogP contribution in [0, 0.1) is 4.77 Å². The van der Waals surface area contributed by atoms with Gasteiger partial charge in [0.05, 0.1) is 11.2 Å². The maximum Gasteiger partial charge on any atom is 0.216 e. The minimum atomic E-state index is 0.375. The highest BCUT2D eigenvalue weighted by molar-refractivity contribution is 7.71. The molecule has 0 bridgehead atoms. The molecule has 0 saturated heterocycles. The third-order valence-electron chi connectivity index (χ3n) is 2.84. The molecule has 0 saturated carbocycles. The van der Waals surface area contributed by atoms with Gasteiger partial charge in [0.1, 0.15) is 0 Å². The normalized spacial score (nSPS) is 11.2. The largest absolute Gasteiger partial charge is 0.264 e. The predicted molar refractivity (Wildman–Crippen MR) is 90.1 cm³/mol. The van der Waals surface area contributed by atoms with E-state index in [1.54, 1.807) is 36.8 Å². The standard InChI is InChI=1S/C14H9Cl2N5S/c15-11-4-3-9(12(16)6-11)8-18-21-13(19-20-14(21)22)10-2-1-5-17-7-10/h1-8H,(H,20,22)/b18-8-. The molecule has 5 nitrogen and oxygen atoms in total. The van der Waals surface area contributed by atoms with Crippen molar-refractivity contribution in [2.75, 3.05) is 0 Å². The highest BCUT2D eigenvalue weighted by Gasteiger charge is 2.08. The van der Waals surface area contributed by atoms with Crippen molar-refractivity contribution in [2.24, 2.45) is 5.10 Å². The fourth-order valence-electron chi connectivity index (χ4n) is 1.81. The van der Waals surface area contributed by atoms with Crippen molar-refractivity contribution in [3.63, 3.8) is 0 Å². The summed E-state index contributed by atoms with van der Waals surface area (Å²) in [5, 5.41) is 12.3. The summed E-state index contributed by atoms with van der Waals surface area (Å²) < 4.78 is 1.89.